The first kappa shape index (κ1) is 63.7. The molecule has 1 aliphatic heterocycles. The van der Waals surface area contributed by atoms with Crippen LogP contribution in [0.15, 0.2) is 24.3 Å². The maximum atomic E-state index is 13.1. The van der Waals surface area contributed by atoms with Crippen LogP contribution in [-0.2, 0) is 14.3 Å². The minimum Gasteiger partial charge on any atom is -0.394 e. The standard InChI is InChI=1S/C58H111NO8/c1-3-5-7-9-11-13-15-17-19-21-23-25-26-28-30-32-34-36-38-40-42-44-46-48-54(62)59-51(50-66-58-57(65)56(64)55(63)53(49-60)67-58)52(61)47-45-43-41-39-37-35-33-31-29-27-24-22-20-18-16-14-12-10-8-6-4-2/h23,25,28,30,51-53,55-58,60-61,63-65H,3-22,24,26-27,29,31-50H2,1-2H3,(H,59,62)/b25-23-,30-28-. The van der Waals surface area contributed by atoms with Gasteiger partial charge in [-0.1, -0.05) is 256 Å². The average Bonchev–Trinajstić information content (AvgIpc) is 3.33. The van der Waals surface area contributed by atoms with Crippen LogP contribution >= 0.6 is 0 Å². The monoisotopic (exact) mass is 950 g/mol. The Bertz CT molecular complexity index is 1100. The van der Waals surface area contributed by atoms with Gasteiger partial charge in [-0.15, -0.1) is 0 Å². The van der Waals surface area contributed by atoms with E-state index in [1.54, 1.807) is 0 Å². The van der Waals surface area contributed by atoms with Gasteiger partial charge in [0.1, 0.15) is 24.4 Å². The summed E-state index contributed by atoms with van der Waals surface area (Å²) in [4.78, 5) is 13.1. The summed E-state index contributed by atoms with van der Waals surface area (Å²) in [6, 6.07) is -0.723. The lowest BCUT2D eigenvalue weighted by atomic mass is 9.99. The summed E-state index contributed by atoms with van der Waals surface area (Å²) in [6.45, 7) is 3.87. The van der Waals surface area contributed by atoms with Crippen molar-refractivity contribution in [2.24, 2.45) is 0 Å². The molecule has 9 heteroatoms. The van der Waals surface area contributed by atoms with E-state index in [0.29, 0.717) is 12.8 Å². The molecule has 1 aliphatic rings. The lowest BCUT2D eigenvalue weighted by molar-refractivity contribution is -0.302. The fourth-order valence-electron chi connectivity index (χ4n) is 9.43. The molecule has 396 valence electrons. The maximum Gasteiger partial charge on any atom is 0.220 e. The Morgan fingerprint density at radius 3 is 1.28 bits per heavy atom. The van der Waals surface area contributed by atoms with Gasteiger partial charge in [-0.25, -0.2) is 0 Å². The lowest BCUT2D eigenvalue weighted by Crippen LogP contribution is -2.60. The highest BCUT2D eigenvalue weighted by Gasteiger charge is 2.44. The highest BCUT2D eigenvalue weighted by atomic mass is 16.7. The molecule has 7 atom stereocenters. The van der Waals surface area contributed by atoms with E-state index in [0.717, 1.165) is 51.4 Å². The second-order valence-corrected chi connectivity index (χ2v) is 20.4. The van der Waals surface area contributed by atoms with Gasteiger partial charge in [0.05, 0.1) is 25.4 Å². The van der Waals surface area contributed by atoms with Crippen LogP contribution in [0, 0.1) is 0 Å². The summed E-state index contributed by atoms with van der Waals surface area (Å²) in [5, 5.41) is 54.7. The molecule has 0 saturated carbocycles. The van der Waals surface area contributed by atoms with Crippen molar-refractivity contribution in [2.45, 2.75) is 326 Å². The normalized spacial score (nSPS) is 19.8. The molecular weight excluding hydrogens is 839 g/mol. The molecule has 6 N–H and O–H groups in total. The van der Waals surface area contributed by atoms with Crippen molar-refractivity contribution >= 4 is 5.91 Å². The van der Waals surface area contributed by atoms with Crippen molar-refractivity contribution in [2.75, 3.05) is 13.2 Å². The number of ether oxygens (including phenoxy) is 2. The molecule has 1 rings (SSSR count). The van der Waals surface area contributed by atoms with Gasteiger partial charge in [0.15, 0.2) is 6.29 Å². The third-order valence-electron chi connectivity index (χ3n) is 14.1. The average molecular weight is 951 g/mol. The van der Waals surface area contributed by atoms with E-state index in [4.69, 9.17) is 9.47 Å². The fourth-order valence-corrected chi connectivity index (χ4v) is 9.43. The number of unbranched alkanes of at least 4 members (excludes halogenated alkanes) is 36. The van der Waals surface area contributed by atoms with E-state index in [-0.39, 0.29) is 12.5 Å². The largest absolute Gasteiger partial charge is 0.394 e. The number of allylic oxidation sites excluding steroid dienone is 4. The zero-order valence-electron chi connectivity index (χ0n) is 43.9. The number of nitrogens with one attached hydrogen (secondary N) is 1. The molecule has 0 aromatic carbocycles. The summed E-state index contributed by atoms with van der Waals surface area (Å²) in [6.07, 6.45) is 53.4. The minimum atomic E-state index is -1.55. The van der Waals surface area contributed by atoms with Crippen molar-refractivity contribution in [3.8, 4) is 0 Å². The summed E-state index contributed by atoms with van der Waals surface area (Å²) in [5.74, 6) is -0.148. The number of carbonyl (C=O) groups excluding carboxylic acids is 1. The van der Waals surface area contributed by atoms with Gasteiger partial charge in [-0.3, -0.25) is 4.79 Å². The topological polar surface area (TPSA) is 149 Å². The van der Waals surface area contributed by atoms with Crippen molar-refractivity contribution in [1.82, 2.24) is 5.32 Å². The first-order valence-corrected chi connectivity index (χ1v) is 29.0. The zero-order chi connectivity index (χ0) is 48.7. The zero-order valence-corrected chi connectivity index (χ0v) is 43.9. The van der Waals surface area contributed by atoms with E-state index in [1.807, 2.05) is 0 Å². The van der Waals surface area contributed by atoms with Crippen LogP contribution in [0.25, 0.3) is 0 Å². The number of amides is 1. The Morgan fingerprint density at radius 2 is 0.881 bits per heavy atom. The predicted octanol–water partition coefficient (Wildman–Crippen LogP) is 14.2. The van der Waals surface area contributed by atoms with Crippen molar-refractivity contribution in [3.63, 3.8) is 0 Å². The highest BCUT2D eigenvalue weighted by Crippen LogP contribution is 2.23. The molecule has 67 heavy (non-hydrogen) atoms. The molecule has 1 saturated heterocycles. The molecule has 9 nitrogen and oxygen atoms in total. The number of aliphatic hydroxyl groups is 5. The second-order valence-electron chi connectivity index (χ2n) is 20.4. The van der Waals surface area contributed by atoms with Gasteiger partial charge >= 0.3 is 0 Å². The van der Waals surface area contributed by atoms with E-state index in [1.165, 1.54) is 205 Å². The molecule has 0 radical (unpaired) electrons. The number of aliphatic hydroxyl groups excluding tert-OH is 5. The van der Waals surface area contributed by atoms with Gasteiger partial charge in [-0.2, -0.15) is 0 Å². The molecule has 0 bridgehead atoms. The van der Waals surface area contributed by atoms with Gasteiger partial charge in [0, 0.05) is 6.42 Å². The van der Waals surface area contributed by atoms with Gasteiger partial charge in [-0.05, 0) is 44.9 Å². The van der Waals surface area contributed by atoms with Crippen molar-refractivity contribution in [1.29, 1.82) is 0 Å². The van der Waals surface area contributed by atoms with E-state index in [2.05, 4.69) is 43.5 Å². The molecule has 1 fully saturated rings. The number of carbonyl (C=O) groups is 1. The lowest BCUT2D eigenvalue weighted by Gasteiger charge is -2.40. The molecule has 1 heterocycles. The third kappa shape index (κ3) is 38.1. The first-order valence-electron chi connectivity index (χ1n) is 29.0. The summed E-state index contributed by atoms with van der Waals surface area (Å²) < 4.78 is 11.3. The van der Waals surface area contributed by atoms with Crippen molar-refractivity contribution < 1.29 is 39.8 Å². The van der Waals surface area contributed by atoms with E-state index in [9.17, 15) is 30.3 Å². The smallest absolute Gasteiger partial charge is 0.220 e. The Balaban J connectivity index is 2.22. The Labute approximate surface area is 413 Å². The fraction of sp³-hybridized carbons (Fsp3) is 0.914. The van der Waals surface area contributed by atoms with Crippen LogP contribution in [-0.4, -0.2) is 87.5 Å². The maximum absolute atomic E-state index is 13.1. The third-order valence-corrected chi connectivity index (χ3v) is 14.1. The molecular formula is C58H111NO8. The SMILES string of the molecule is CCCCCCCCCCC/C=C\C/C=C\CCCCCCCCCC(=O)NC(COC1OC(CO)C(O)C(O)C1O)C(O)CCCCCCCCCCCCCCCCCCCCCCC. The Hall–Kier alpha value is -1.33. The summed E-state index contributed by atoms with van der Waals surface area (Å²) in [7, 11) is 0. The quantitative estimate of drug-likeness (QED) is 0.0261. The molecule has 7 unspecified atom stereocenters. The van der Waals surface area contributed by atoms with Gasteiger partial charge < -0.3 is 40.3 Å². The van der Waals surface area contributed by atoms with Gasteiger partial charge in [0.2, 0.25) is 5.91 Å². The Morgan fingerprint density at radius 1 is 0.507 bits per heavy atom. The molecule has 0 aliphatic carbocycles. The van der Waals surface area contributed by atoms with E-state index >= 15 is 0 Å². The van der Waals surface area contributed by atoms with Crippen LogP contribution in [0.5, 0.6) is 0 Å². The Kier molecular flexibility index (Phi) is 45.9. The summed E-state index contributed by atoms with van der Waals surface area (Å²) >= 11 is 0. The predicted molar refractivity (Wildman–Crippen MR) is 281 cm³/mol. The van der Waals surface area contributed by atoms with Crippen LogP contribution in [0.2, 0.25) is 0 Å². The van der Waals surface area contributed by atoms with Crippen LogP contribution in [0.1, 0.15) is 284 Å². The number of rotatable bonds is 50. The van der Waals surface area contributed by atoms with Crippen LogP contribution in [0.4, 0.5) is 0 Å². The van der Waals surface area contributed by atoms with Gasteiger partial charge in [0.25, 0.3) is 0 Å². The number of hydrogen-bond acceptors (Lipinski definition) is 8. The second kappa shape index (κ2) is 48.3. The molecule has 0 aromatic rings. The minimum absolute atomic E-state index is 0.139. The highest BCUT2D eigenvalue weighted by molar-refractivity contribution is 5.76. The van der Waals surface area contributed by atoms with E-state index < -0.39 is 49.5 Å². The molecule has 0 aromatic heterocycles. The first-order chi connectivity index (χ1) is 32.8. The molecule has 1 amide bonds. The summed E-state index contributed by atoms with van der Waals surface area (Å²) in [5.41, 5.74) is 0. The van der Waals surface area contributed by atoms with Crippen LogP contribution in [0.3, 0.4) is 0 Å². The number of hydrogen-bond donors (Lipinski definition) is 6. The molecule has 0 spiro atoms. The van der Waals surface area contributed by atoms with Crippen molar-refractivity contribution in [3.05, 3.63) is 24.3 Å². The van der Waals surface area contributed by atoms with Crippen LogP contribution < -0.4 is 5.32 Å².